The topological polar surface area (TPSA) is 69.6 Å². The van der Waals surface area contributed by atoms with Gasteiger partial charge in [0, 0.05) is 31.6 Å². The Kier molecular flexibility index (Phi) is 5.92. The molecule has 1 aliphatic carbocycles. The molecule has 5 aliphatic rings. The molecule has 3 saturated heterocycles. The van der Waals surface area contributed by atoms with Crippen molar-refractivity contribution in [1.82, 2.24) is 5.01 Å². The summed E-state index contributed by atoms with van der Waals surface area (Å²) in [5.41, 5.74) is 2.60. The minimum absolute atomic E-state index is 0.0594. The van der Waals surface area contributed by atoms with Crippen molar-refractivity contribution < 1.29 is 23.7 Å². The van der Waals surface area contributed by atoms with Crippen molar-refractivity contribution in [3.8, 4) is 5.75 Å². The Morgan fingerprint density at radius 3 is 2.54 bits per heavy atom. The molecule has 0 aromatic heterocycles. The molecule has 2 aromatic carbocycles. The fourth-order valence-electron chi connectivity index (χ4n) is 8.04. The average molecular weight is 531 g/mol. The van der Waals surface area contributed by atoms with Gasteiger partial charge in [0.1, 0.15) is 11.4 Å². The summed E-state index contributed by atoms with van der Waals surface area (Å²) >= 11 is 0. The summed E-state index contributed by atoms with van der Waals surface area (Å²) in [5, 5.41) is 6.29. The van der Waals surface area contributed by atoms with Gasteiger partial charge in [-0.3, -0.25) is 4.79 Å². The minimum atomic E-state index is -0.569. The second-order valence-corrected chi connectivity index (χ2v) is 12.4. The Labute approximate surface area is 230 Å². The van der Waals surface area contributed by atoms with Gasteiger partial charge in [-0.2, -0.15) is 5.10 Å². The molecule has 7 heteroatoms. The van der Waals surface area contributed by atoms with Gasteiger partial charge in [0.05, 0.1) is 11.8 Å². The quantitative estimate of drug-likeness (QED) is 0.482. The predicted octanol–water partition coefficient (Wildman–Crippen LogP) is 6.04. The van der Waals surface area contributed by atoms with E-state index in [2.05, 4.69) is 20.8 Å². The molecule has 7 rings (SSSR count). The highest BCUT2D eigenvalue weighted by atomic mass is 16.9. The molecule has 1 saturated carbocycles. The summed E-state index contributed by atoms with van der Waals surface area (Å²) in [6.07, 6.45) is 4.22. The molecule has 1 unspecified atom stereocenters. The highest BCUT2D eigenvalue weighted by Crippen LogP contribution is 2.63. The average Bonchev–Trinajstić information content (AvgIpc) is 3.46. The number of benzene rings is 2. The monoisotopic (exact) mass is 530 g/mol. The van der Waals surface area contributed by atoms with Crippen molar-refractivity contribution in [3.63, 3.8) is 0 Å². The fourth-order valence-corrected chi connectivity index (χ4v) is 8.04. The van der Waals surface area contributed by atoms with E-state index in [4.69, 9.17) is 24.0 Å². The van der Waals surface area contributed by atoms with E-state index in [0.29, 0.717) is 24.2 Å². The van der Waals surface area contributed by atoms with E-state index in [1.807, 2.05) is 54.6 Å². The lowest BCUT2D eigenvalue weighted by molar-refractivity contribution is -0.320. The van der Waals surface area contributed by atoms with Gasteiger partial charge < -0.3 is 18.9 Å². The molecule has 4 fully saturated rings. The summed E-state index contributed by atoms with van der Waals surface area (Å²) in [6, 6.07) is 18.0. The van der Waals surface area contributed by atoms with E-state index in [1.165, 1.54) is 6.42 Å². The van der Waals surface area contributed by atoms with Crippen LogP contribution in [0.15, 0.2) is 59.7 Å². The summed E-state index contributed by atoms with van der Waals surface area (Å²) in [6.45, 7) is 8.23. The summed E-state index contributed by atoms with van der Waals surface area (Å²) in [7, 11) is 0. The largest absolute Gasteiger partial charge is 0.465 e. The van der Waals surface area contributed by atoms with E-state index >= 15 is 0 Å². The van der Waals surface area contributed by atoms with Gasteiger partial charge in [0.25, 0.3) is 0 Å². The molecule has 2 bridgehead atoms. The number of ether oxygens (including phenoxy) is 4. The normalized spacial score (nSPS) is 40.7. The Morgan fingerprint density at radius 1 is 1.03 bits per heavy atom. The third-order valence-electron chi connectivity index (χ3n) is 9.98. The summed E-state index contributed by atoms with van der Waals surface area (Å²) < 4.78 is 26.3. The van der Waals surface area contributed by atoms with Gasteiger partial charge in [0.15, 0.2) is 12.1 Å². The first-order chi connectivity index (χ1) is 18.8. The number of nitrogens with zero attached hydrogens (tertiary/aromatic N) is 2. The molecule has 4 heterocycles. The van der Waals surface area contributed by atoms with Crippen LogP contribution in [0.5, 0.6) is 5.75 Å². The second-order valence-electron chi connectivity index (χ2n) is 12.4. The first-order valence-corrected chi connectivity index (χ1v) is 14.5. The molecule has 206 valence electrons. The van der Waals surface area contributed by atoms with E-state index in [1.54, 1.807) is 11.9 Å². The molecule has 1 amide bonds. The van der Waals surface area contributed by atoms with Gasteiger partial charge in [-0.1, -0.05) is 44.2 Å². The van der Waals surface area contributed by atoms with Crippen LogP contribution in [0.4, 0.5) is 0 Å². The standard InChI is InChI=1S/C32H38N2O5/c1-19-10-15-26-20(2)29(37-30-32(26)25(19)16-17-31(4,38-30)39-32)36-24-13-11-22(12-14-24)27-18-28(34(33-27)21(3)35)23-8-6-5-7-9-23/h5-9,11-14,19-20,25-26,28-30H,10,15-18H2,1-4H3/t19-,20-,25+,26+,28?,29+,30-,31-,32-/m1/s1. The van der Waals surface area contributed by atoms with Crippen LogP contribution in [0.1, 0.15) is 77.0 Å². The van der Waals surface area contributed by atoms with Crippen LogP contribution in [0.25, 0.3) is 0 Å². The fraction of sp³-hybridized carbons (Fsp3) is 0.562. The van der Waals surface area contributed by atoms with Crippen LogP contribution in [-0.2, 0) is 19.0 Å². The predicted molar refractivity (Wildman–Crippen MR) is 146 cm³/mol. The van der Waals surface area contributed by atoms with Crippen LogP contribution < -0.4 is 4.74 Å². The molecule has 0 radical (unpaired) electrons. The Balaban J connectivity index is 1.09. The maximum absolute atomic E-state index is 12.3. The maximum Gasteiger partial charge on any atom is 0.240 e. The van der Waals surface area contributed by atoms with Crippen molar-refractivity contribution in [2.75, 3.05) is 0 Å². The van der Waals surface area contributed by atoms with Crippen molar-refractivity contribution in [1.29, 1.82) is 0 Å². The zero-order valence-electron chi connectivity index (χ0n) is 23.2. The third-order valence-corrected chi connectivity index (χ3v) is 9.98. The SMILES string of the molecule is CC(=O)N1N=C(c2ccc(O[C@H]3O[C@@H]4O[C@@]5(C)CC[C@H]6[C@H](C)CC[C@@H]([C@H]3C)[C@@]46O5)cc2)CC1c1ccccc1. The van der Waals surface area contributed by atoms with Gasteiger partial charge >= 0.3 is 0 Å². The summed E-state index contributed by atoms with van der Waals surface area (Å²) in [4.78, 5) is 12.3. The van der Waals surface area contributed by atoms with Gasteiger partial charge in [0.2, 0.25) is 12.2 Å². The van der Waals surface area contributed by atoms with Crippen LogP contribution in [0.2, 0.25) is 0 Å². The van der Waals surface area contributed by atoms with E-state index < -0.39 is 18.4 Å². The van der Waals surface area contributed by atoms with E-state index in [-0.39, 0.29) is 23.5 Å². The molecule has 1 spiro atoms. The zero-order valence-corrected chi connectivity index (χ0v) is 23.2. The first kappa shape index (κ1) is 25.2. The highest BCUT2D eigenvalue weighted by molar-refractivity contribution is 6.03. The zero-order chi connectivity index (χ0) is 26.9. The number of carbonyl (C=O) groups is 1. The van der Waals surface area contributed by atoms with E-state index in [0.717, 1.165) is 41.9 Å². The number of hydrogen-bond donors (Lipinski definition) is 0. The Hall–Kier alpha value is -2.74. The number of hydrogen-bond acceptors (Lipinski definition) is 6. The molecule has 4 aliphatic heterocycles. The third kappa shape index (κ3) is 3.96. The molecule has 2 aromatic rings. The molecule has 39 heavy (non-hydrogen) atoms. The highest BCUT2D eigenvalue weighted by Gasteiger charge is 2.71. The molecule has 0 N–H and O–H groups in total. The number of rotatable bonds is 4. The van der Waals surface area contributed by atoms with Gasteiger partial charge in [-0.05, 0) is 73.4 Å². The molecule has 9 atom stereocenters. The molecular weight excluding hydrogens is 492 g/mol. The molecule has 7 nitrogen and oxygen atoms in total. The maximum atomic E-state index is 12.3. The van der Waals surface area contributed by atoms with Crippen molar-refractivity contribution >= 4 is 11.6 Å². The Morgan fingerprint density at radius 2 is 1.79 bits per heavy atom. The second kappa shape index (κ2) is 9.15. The summed E-state index contributed by atoms with van der Waals surface area (Å²) in [5.74, 6) is 1.70. The lowest BCUT2D eigenvalue weighted by atomic mass is 9.57. The van der Waals surface area contributed by atoms with Crippen molar-refractivity contribution in [2.24, 2.45) is 28.8 Å². The van der Waals surface area contributed by atoms with Crippen molar-refractivity contribution in [3.05, 3.63) is 65.7 Å². The number of amides is 1. The molecular formula is C32H38N2O5. The Bertz CT molecular complexity index is 1280. The number of hydrazone groups is 1. The van der Waals surface area contributed by atoms with Crippen LogP contribution in [-0.4, -0.2) is 40.6 Å². The number of carbonyl (C=O) groups excluding carboxylic acids is 1. The van der Waals surface area contributed by atoms with Gasteiger partial charge in [-0.25, -0.2) is 5.01 Å². The smallest absolute Gasteiger partial charge is 0.240 e. The van der Waals surface area contributed by atoms with Crippen molar-refractivity contribution in [2.45, 2.75) is 89.8 Å². The van der Waals surface area contributed by atoms with Crippen LogP contribution in [0, 0.1) is 23.7 Å². The number of fused-ring (bicyclic) bond motifs is 1. The lowest BCUT2D eigenvalue weighted by Crippen LogP contribution is -2.66. The van der Waals surface area contributed by atoms with Gasteiger partial charge in [-0.15, -0.1) is 0 Å². The van der Waals surface area contributed by atoms with Crippen LogP contribution >= 0.6 is 0 Å². The van der Waals surface area contributed by atoms with E-state index in [9.17, 15) is 4.79 Å². The lowest BCUT2D eigenvalue weighted by Gasteiger charge is -2.58. The van der Waals surface area contributed by atoms with Crippen LogP contribution in [0.3, 0.4) is 0 Å². The minimum Gasteiger partial charge on any atom is -0.465 e. The first-order valence-electron chi connectivity index (χ1n) is 14.5.